The summed E-state index contributed by atoms with van der Waals surface area (Å²) >= 11 is 0. The highest BCUT2D eigenvalue weighted by Gasteiger charge is 2.57. The molecule has 2 aliphatic heterocycles. The molecular weight excluding hydrogens is 1040 g/mol. The molecule has 2 unspecified atom stereocenters. The van der Waals surface area contributed by atoms with E-state index in [-0.39, 0.29) is 30.1 Å². The number of likely N-dealkylation sites (N-methyl/N-ethyl adjacent to an activating group) is 1. The van der Waals surface area contributed by atoms with E-state index in [9.17, 15) is 55.7 Å². The first-order chi connectivity index (χ1) is 36.6. The van der Waals surface area contributed by atoms with E-state index >= 15 is 8.78 Å². The molecular formula is C52H60F8N10O8. The van der Waals surface area contributed by atoms with E-state index in [0.717, 1.165) is 43.9 Å². The van der Waals surface area contributed by atoms with Crippen LogP contribution in [0.2, 0.25) is 0 Å². The fourth-order valence-corrected chi connectivity index (χ4v) is 8.81. The van der Waals surface area contributed by atoms with Gasteiger partial charge in [0.25, 0.3) is 5.91 Å². The lowest BCUT2D eigenvalue weighted by Gasteiger charge is -2.48. The number of anilines is 1. The van der Waals surface area contributed by atoms with Gasteiger partial charge >= 0.3 is 24.5 Å². The first-order valence-corrected chi connectivity index (χ1v) is 24.8. The zero-order valence-corrected chi connectivity index (χ0v) is 43.1. The zero-order chi connectivity index (χ0) is 56.9. The number of nitrogens with one attached hydrogen (secondary N) is 5. The number of alkyl halides is 6. The number of pyridine rings is 1. The number of rotatable bonds is 19. The van der Waals surface area contributed by atoms with Crippen molar-refractivity contribution >= 4 is 29.8 Å². The summed E-state index contributed by atoms with van der Waals surface area (Å²) in [7, 11) is 2.08. The summed E-state index contributed by atoms with van der Waals surface area (Å²) in [6.45, 7) is 3.55. The highest BCUT2D eigenvalue weighted by molar-refractivity contribution is 5.87. The van der Waals surface area contributed by atoms with E-state index in [2.05, 4.69) is 49.5 Å². The Hall–Kier alpha value is -7.08. The minimum absolute atomic E-state index is 0.141. The number of ether oxygens (including phenoxy) is 2. The number of halogens is 8. The first kappa shape index (κ1) is 58.6. The maximum Gasteiger partial charge on any atom is 0.407 e. The van der Waals surface area contributed by atoms with Crippen LogP contribution in [0.3, 0.4) is 0 Å². The summed E-state index contributed by atoms with van der Waals surface area (Å²) in [4.78, 5) is 60.8. The maximum atomic E-state index is 15.2. The number of carbonyl (C=O) groups is 4. The van der Waals surface area contributed by atoms with Gasteiger partial charge in [-0.2, -0.15) is 31.4 Å². The number of amides is 4. The number of carboxylic acid groups (broad SMARTS) is 1. The largest absolute Gasteiger partial charge is 0.465 e. The highest BCUT2D eigenvalue weighted by Crippen LogP contribution is 2.42. The number of morpholine rings is 1. The lowest BCUT2D eigenvalue weighted by Crippen LogP contribution is -2.63. The molecule has 26 heteroatoms. The second-order valence-electron chi connectivity index (χ2n) is 20.6. The number of hydrogen-bond acceptors (Lipinski definition) is 12. The number of piperazine rings is 1. The van der Waals surface area contributed by atoms with E-state index < -0.39 is 108 Å². The van der Waals surface area contributed by atoms with E-state index in [0.29, 0.717) is 63.3 Å². The standard InChI is InChI=1S/C52H60F8N10O8/c1-49(2,51(55,56)57)43(65-48(76)78-19-17-36-37(53)21-32(22-38(36)54)39-16-18-70(67-39)33-13-14-33)45(72)63-40(41(71)24-62-66-46(73)44(64-47(74)75)50(3,4)52(58,59)60)20-30-9-6-29(7-10-30)8-11-31-12-15-42(61-23-31)69-25-34-27-77-28-35(26-69)68(34)5/h6-7,9-10,12,15-16,18,21-23,33-35,40-41,43-44,62,64,71H,13-14,17,19-20,24-28H2,1-5H3,(H,63,72)(H,65,76)(H,66,73)(H,74,75)/t34?,35?,40-,41-,43+,44+/m0/s1. The van der Waals surface area contributed by atoms with Gasteiger partial charge in [0.1, 0.15) is 29.5 Å². The van der Waals surface area contributed by atoms with Crippen molar-refractivity contribution in [2.75, 3.05) is 51.4 Å². The van der Waals surface area contributed by atoms with Crippen LogP contribution in [0.25, 0.3) is 11.3 Å². The van der Waals surface area contributed by atoms with Gasteiger partial charge in [-0.1, -0.05) is 24.0 Å². The number of benzene rings is 2. The van der Waals surface area contributed by atoms with Crippen LogP contribution in [0.4, 0.5) is 50.5 Å². The van der Waals surface area contributed by atoms with Gasteiger partial charge in [-0.15, -0.1) is 0 Å². The molecule has 18 nitrogen and oxygen atoms in total. The SMILES string of the molecule is CN1C2COCC1CN(c1ccc(C#Cc3ccc(C[C@H](NC(=O)[C@@H](NC(=O)OCCc4c(F)cc(-c5ccn(C6CC6)n5)cc4F)C(C)(C)C(F)(F)F)[C@@H](O)CNNC(=O)[C@@H](NC(=O)O)C(C)(C)C(F)(F)F)cc3)cn1)C2. The zero-order valence-electron chi connectivity index (χ0n) is 43.1. The van der Waals surface area contributed by atoms with Crippen LogP contribution in [0.5, 0.6) is 0 Å². The molecule has 4 aromatic rings. The van der Waals surface area contributed by atoms with E-state index in [1.807, 2.05) is 22.9 Å². The van der Waals surface area contributed by atoms with Crippen molar-refractivity contribution < 1.29 is 74.0 Å². The predicted octanol–water partition coefficient (Wildman–Crippen LogP) is 5.64. The molecule has 2 saturated heterocycles. The average molecular weight is 1110 g/mol. The Morgan fingerprint density at radius 3 is 1.96 bits per heavy atom. The number of nitrogens with zero attached hydrogens (tertiary/aromatic N) is 5. The van der Waals surface area contributed by atoms with Gasteiger partial charge in [0.05, 0.1) is 66.6 Å². The number of fused-ring (bicyclic) bond motifs is 2. The number of alkyl carbamates (subject to hydrolysis) is 1. The smallest absolute Gasteiger partial charge is 0.407 e. The van der Waals surface area contributed by atoms with Crippen LogP contribution in [0.15, 0.2) is 67.0 Å². The number of hydrogen-bond donors (Lipinski definition) is 7. The molecule has 2 aromatic carbocycles. The Labute approximate surface area is 443 Å². The molecule has 1 saturated carbocycles. The van der Waals surface area contributed by atoms with Crippen LogP contribution < -0.4 is 31.7 Å². The Bertz CT molecular complexity index is 2820. The predicted molar refractivity (Wildman–Crippen MR) is 265 cm³/mol. The fourth-order valence-electron chi connectivity index (χ4n) is 8.81. The minimum Gasteiger partial charge on any atom is -0.465 e. The molecule has 0 radical (unpaired) electrons. The van der Waals surface area contributed by atoms with Crippen molar-refractivity contribution in [2.24, 2.45) is 10.8 Å². The average Bonchev–Trinajstić information content (AvgIpc) is 4.16. The Kier molecular flexibility index (Phi) is 17.9. The van der Waals surface area contributed by atoms with E-state index in [1.54, 1.807) is 35.3 Å². The normalized spacial score (nSPS) is 18.6. The molecule has 4 amide bonds. The molecule has 6 atom stereocenters. The second-order valence-corrected chi connectivity index (χ2v) is 20.6. The molecule has 3 aliphatic rings. The molecule has 78 heavy (non-hydrogen) atoms. The van der Waals surface area contributed by atoms with Crippen LogP contribution in [-0.4, -0.2) is 149 Å². The van der Waals surface area contributed by atoms with Gasteiger partial charge in [-0.25, -0.2) is 28.8 Å². The van der Waals surface area contributed by atoms with Gasteiger partial charge in [0, 0.05) is 60.7 Å². The lowest BCUT2D eigenvalue weighted by atomic mass is 9.82. The molecule has 2 aromatic heterocycles. The number of aliphatic hydroxyl groups excluding tert-OH is 1. The third-order valence-corrected chi connectivity index (χ3v) is 14.3. The van der Waals surface area contributed by atoms with Crippen molar-refractivity contribution in [2.45, 2.75) is 108 Å². The van der Waals surface area contributed by atoms with Crippen molar-refractivity contribution in [3.63, 3.8) is 0 Å². The van der Waals surface area contributed by atoms with Crippen molar-refractivity contribution in [3.05, 3.63) is 101 Å². The number of hydrazine groups is 1. The summed E-state index contributed by atoms with van der Waals surface area (Å²) in [5, 5.41) is 30.7. The number of aromatic nitrogens is 3. The molecule has 0 spiro atoms. The second kappa shape index (κ2) is 23.9. The lowest BCUT2D eigenvalue weighted by molar-refractivity contribution is -0.221. The molecule has 4 heterocycles. The van der Waals surface area contributed by atoms with Gasteiger partial charge < -0.3 is 40.5 Å². The monoisotopic (exact) mass is 1100 g/mol. The van der Waals surface area contributed by atoms with E-state index in [1.165, 1.54) is 17.4 Å². The van der Waals surface area contributed by atoms with Gasteiger partial charge in [-0.3, -0.25) is 24.6 Å². The molecule has 3 fully saturated rings. The summed E-state index contributed by atoms with van der Waals surface area (Å²) in [5.41, 5.74) is -0.514. The summed E-state index contributed by atoms with van der Waals surface area (Å²) in [6, 6.07) is 7.81. The van der Waals surface area contributed by atoms with Gasteiger partial charge in [0.15, 0.2) is 0 Å². The van der Waals surface area contributed by atoms with Crippen molar-refractivity contribution in [1.29, 1.82) is 0 Å². The Morgan fingerprint density at radius 2 is 1.40 bits per heavy atom. The van der Waals surface area contributed by atoms with Crippen molar-refractivity contribution in [1.82, 2.24) is 46.5 Å². The Balaban J connectivity index is 1.05. The molecule has 422 valence electrons. The molecule has 2 bridgehead atoms. The Morgan fingerprint density at radius 1 is 0.808 bits per heavy atom. The maximum absolute atomic E-state index is 15.2. The number of aliphatic hydroxyl groups is 1. The fraction of sp³-hybridized carbons (Fsp3) is 0.500. The third-order valence-electron chi connectivity index (χ3n) is 14.3. The third kappa shape index (κ3) is 14.1. The quantitative estimate of drug-likeness (QED) is 0.0344. The minimum atomic E-state index is -5.19. The summed E-state index contributed by atoms with van der Waals surface area (Å²) in [6.07, 6.45) is -11.4. The van der Waals surface area contributed by atoms with Gasteiger partial charge in [-0.05, 0) is 102 Å². The van der Waals surface area contributed by atoms with Gasteiger partial charge in [0.2, 0.25) is 5.91 Å². The molecule has 7 rings (SSSR count). The van der Waals surface area contributed by atoms with Crippen LogP contribution in [0, 0.1) is 34.3 Å². The van der Waals surface area contributed by atoms with Crippen molar-refractivity contribution in [3.8, 4) is 23.1 Å². The number of carbonyl (C=O) groups excluding carboxylic acids is 3. The molecule has 7 N–H and O–H groups in total. The van der Waals surface area contributed by atoms with Crippen LogP contribution in [0.1, 0.15) is 68.8 Å². The van der Waals surface area contributed by atoms with Crippen LogP contribution >= 0.6 is 0 Å². The van der Waals surface area contributed by atoms with Crippen LogP contribution in [-0.2, 0) is 31.9 Å². The topological polar surface area (TPSA) is 225 Å². The molecule has 1 aliphatic carbocycles. The highest BCUT2D eigenvalue weighted by atomic mass is 19.4. The summed E-state index contributed by atoms with van der Waals surface area (Å²) < 4.78 is 129. The first-order valence-electron chi connectivity index (χ1n) is 24.8. The van der Waals surface area contributed by atoms with E-state index in [4.69, 9.17) is 9.47 Å². The summed E-state index contributed by atoms with van der Waals surface area (Å²) in [5.74, 6) is 1.78.